The Hall–Kier alpha value is -2.75. The number of amides is 1. The van der Waals surface area contributed by atoms with Gasteiger partial charge < -0.3 is 9.88 Å². The van der Waals surface area contributed by atoms with Crippen molar-refractivity contribution in [1.82, 2.24) is 9.88 Å². The number of halogens is 2. The number of benzene rings is 3. The second-order valence-electron chi connectivity index (χ2n) is 8.22. The molecule has 0 unspecified atom stereocenters. The van der Waals surface area contributed by atoms with Gasteiger partial charge in [-0.15, -0.1) is 0 Å². The zero-order valence-electron chi connectivity index (χ0n) is 18.2. The Kier molecular flexibility index (Phi) is 6.88. The van der Waals surface area contributed by atoms with E-state index in [2.05, 4.69) is 59.4 Å². The molecule has 32 heavy (non-hydrogen) atoms. The van der Waals surface area contributed by atoms with Crippen molar-refractivity contribution in [3.05, 3.63) is 105 Å². The number of nitrogens with zero attached hydrogens (tertiary/aromatic N) is 1. The number of aryl methyl sites for hydroxylation is 2. The molecule has 1 amide bonds. The topological polar surface area (TPSA) is 34.0 Å². The first kappa shape index (κ1) is 22.4. The lowest BCUT2D eigenvalue weighted by molar-refractivity contribution is -0.121. The lowest BCUT2D eigenvalue weighted by Crippen LogP contribution is -2.27. The Labute approximate surface area is 199 Å². The minimum absolute atomic E-state index is 0.0218. The molecular formula is C27H26Cl2N2O. The summed E-state index contributed by atoms with van der Waals surface area (Å²) in [6.07, 6.45) is 3.19. The van der Waals surface area contributed by atoms with Crippen LogP contribution in [0.3, 0.4) is 0 Å². The van der Waals surface area contributed by atoms with Gasteiger partial charge in [0.15, 0.2) is 0 Å². The van der Waals surface area contributed by atoms with Crippen LogP contribution in [-0.2, 0) is 18.3 Å². The third kappa shape index (κ3) is 5.01. The van der Waals surface area contributed by atoms with E-state index in [-0.39, 0.29) is 11.8 Å². The van der Waals surface area contributed by atoms with Crippen molar-refractivity contribution in [3.63, 3.8) is 0 Å². The van der Waals surface area contributed by atoms with E-state index in [1.807, 2.05) is 31.3 Å². The number of carbonyl (C=O) groups is 1. The summed E-state index contributed by atoms with van der Waals surface area (Å²) in [6.45, 7) is 2.60. The lowest BCUT2D eigenvalue weighted by Gasteiger charge is -2.18. The molecule has 0 aliphatic rings. The summed E-state index contributed by atoms with van der Waals surface area (Å²) in [4.78, 5) is 13.0. The molecule has 1 atom stereocenters. The Morgan fingerprint density at radius 3 is 2.53 bits per heavy atom. The van der Waals surface area contributed by atoms with Gasteiger partial charge in [0.2, 0.25) is 5.91 Å². The minimum atomic E-state index is -0.0270. The fraction of sp³-hybridized carbons (Fsp3) is 0.222. The molecule has 0 fully saturated rings. The summed E-state index contributed by atoms with van der Waals surface area (Å²) in [7, 11) is 2.05. The monoisotopic (exact) mass is 464 g/mol. The van der Waals surface area contributed by atoms with Gasteiger partial charge in [0.25, 0.3) is 0 Å². The summed E-state index contributed by atoms with van der Waals surface area (Å²) in [6, 6.07) is 22.3. The molecule has 0 aliphatic heterocycles. The first-order valence-electron chi connectivity index (χ1n) is 10.7. The van der Waals surface area contributed by atoms with E-state index in [1.54, 1.807) is 6.07 Å². The predicted molar refractivity (Wildman–Crippen MR) is 134 cm³/mol. The molecule has 0 saturated carbocycles. The maximum Gasteiger partial charge on any atom is 0.220 e. The van der Waals surface area contributed by atoms with Crippen molar-refractivity contribution in [2.75, 3.05) is 6.54 Å². The van der Waals surface area contributed by atoms with Crippen LogP contribution in [0.25, 0.3) is 10.9 Å². The Bertz CT molecular complexity index is 1240. The van der Waals surface area contributed by atoms with Crippen molar-refractivity contribution in [3.8, 4) is 0 Å². The molecule has 1 N–H and O–H groups in total. The number of rotatable bonds is 7. The highest BCUT2D eigenvalue weighted by molar-refractivity contribution is 6.35. The number of hydrogen-bond acceptors (Lipinski definition) is 1. The first-order valence-corrected chi connectivity index (χ1v) is 11.5. The molecule has 1 heterocycles. The second-order valence-corrected chi connectivity index (χ2v) is 9.06. The van der Waals surface area contributed by atoms with Crippen molar-refractivity contribution in [1.29, 1.82) is 0 Å². The zero-order valence-corrected chi connectivity index (χ0v) is 19.8. The fourth-order valence-corrected chi connectivity index (χ4v) is 4.68. The summed E-state index contributed by atoms with van der Waals surface area (Å²) >= 11 is 12.2. The van der Waals surface area contributed by atoms with Gasteiger partial charge >= 0.3 is 0 Å². The van der Waals surface area contributed by atoms with Crippen LogP contribution in [0, 0.1) is 6.92 Å². The minimum Gasteiger partial charge on any atom is -0.356 e. The summed E-state index contributed by atoms with van der Waals surface area (Å²) in [5, 5.41) is 5.49. The van der Waals surface area contributed by atoms with Crippen molar-refractivity contribution >= 4 is 40.0 Å². The number of fused-ring (bicyclic) bond motifs is 1. The highest BCUT2D eigenvalue weighted by atomic mass is 35.5. The van der Waals surface area contributed by atoms with Crippen molar-refractivity contribution < 1.29 is 4.79 Å². The van der Waals surface area contributed by atoms with E-state index in [9.17, 15) is 4.79 Å². The van der Waals surface area contributed by atoms with Crippen LogP contribution in [0.4, 0.5) is 0 Å². The standard InChI is InChI=1S/C27H26Cl2N2O/c1-18-7-9-19(10-8-18)23(24-17-31(2)26-6-4-3-5-22(24)26)16-27(32)30-14-13-20-11-12-21(28)15-25(20)29/h3-12,15,17,23H,13-14,16H2,1-2H3,(H,30,32)/t23-/m0/s1. The maximum atomic E-state index is 13.0. The first-order chi connectivity index (χ1) is 15.4. The smallest absolute Gasteiger partial charge is 0.220 e. The third-order valence-electron chi connectivity index (χ3n) is 5.90. The molecule has 0 spiro atoms. The molecule has 1 aromatic heterocycles. The molecule has 5 heteroatoms. The number of carbonyl (C=O) groups excluding carboxylic acids is 1. The Morgan fingerprint density at radius 1 is 1.03 bits per heavy atom. The van der Waals surface area contributed by atoms with Crippen LogP contribution in [-0.4, -0.2) is 17.0 Å². The van der Waals surface area contributed by atoms with Crippen LogP contribution >= 0.6 is 23.2 Å². The average molecular weight is 465 g/mol. The van der Waals surface area contributed by atoms with Crippen LogP contribution in [0.2, 0.25) is 10.0 Å². The summed E-state index contributed by atoms with van der Waals surface area (Å²) in [5.74, 6) is -0.00517. The average Bonchev–Trinajstić information content (AvgIpc) is 3.11. The number of aromatic nitrogens is 1. The van der Waals surface area contributed by atoms with Gasteiger partial charge in [-0.2, -0.15) is 0 Å². The van der Waals surface area contributed by atoms with E-state index in [0.717, 1.165) is 16.6 Å². The van der Waals surface area contributed by atoms with Crippen LogP contribution in [0.15, 0.2) is 72.9 Å². The lowest BCUT2D eigenvalue weighted by atomic mass is 9.87. The van der Waals surface area contributed by atoms with E-state index >= 15 is 0 Å². The fourth-order valence-electron chi connectivity index (χ4n) is 4.18. The maximum absolute atomic E-state index is 13.0. The number of para-hydroxylation sites is 1. The van der Waals surface area contributed by atoms with E-state index < -0.39 is 0 Å². The molecule has 4 rings (SSSR count). The molecular weight excluding hydrogens is 439 g/mol. The zero-order chi connectivity index (χ0) is 22.7. The van der Waals surface area contributed by atoms with Crippen molar-refractivity contribution in [2.45, 2.75) is 25.7 Å². The van der Waals surface area contributed by atoms with Gasteiger partial charge in [0.05, 0.1) is 0 Å². The molecule has 164 valence electrons. The normalized spacial score (nSPS) is 12.1. The summed E-state index contributed by atoms with van der Waals surface area (Å²) in [5.41, 5.74) is 5.65. The molecule has 0 saturated heterocycles. The molecule has 0 aliphatic carbocycles. The van der Waals surface area contributed by atoms with Crippen LogP contribution in [0.1, 0.15) is 34.6 Å². The molecule has 0 bridgehead atoms. The van der Waals surface area contributed by atoms with Crippen molar-refractivity contribution in [2.24, 2.45) is 7.05 Å². The largest absolute Gasteiger partial charge is 0.356 e. The molecule has 0 radical (unpaired) electrons. The van der Waals surface area contributed by atoms with E-state index in [4.69, 9.17) is 23.2 Å². The van der Waals surface area contributed by atoms with E-state index in [0.29, 0.717) is 29.4 Å². The van der Waals surface area contributed by atoms with Crippen LogP contribution in [0.5, 0.6) is 0 Å². The van der Waals surface area contributed by atoms with Gasteiger partial charge in [-0.3, -0.25) is 4.79 Å². The molecule has 3 nitrogen and oxygen atoms in total. The third-order valence-corrected chi connectivity index (χ3v) is 6.49. The van der Waals surface area contributed by atoms with E-state index in [1.165, 1.54) is 16.5 Å². The van der Waals surface area contributed by atoms with Crippen LogP contribution < -0.4 is 5.32 Å². The molecule has 4 aromatic rings. The number of hydrogen-bond donors (Lipinski definition) is 1. The predicted octanol–water partition coefficient (Wildman–Crippen LogP) is 6.67. The second kappa shape index (κ2) is 9.81. The van der Waals surface area contributed by atoms with Gasteiger partial charge in [0, 0.05) is 53.1 Å². The highest BCUT2D eigenvalue weighted by Crippen LogP contribution is 2.34. The highest BCUT2D eigenvalue weighted by Gasteiger charge is 2.22. The quantitative estimate of drug-likeness (QED) is 0.325. The van der Waals surface area contributed by atoms with Gasteiger partial charge in [0.1, 0.15) is 0 Å². The Balaban J connectivity index is 1.54. The molecule has 3 aromatic carbocycles. The summed E-state index contributed by atoms with van der Waals surface area (Å²) < 4.78 is 2.13. The van der Waals surface area contributed by atoms with Gasteiger partial charge in [-0.1, -0.05) is 77.3 Å². The SMILES string of the molecule is Cc1ccc([C@H](CC(=O)NCCc2ccc(Cl)cc2Cl)c2cn(C)c3ccccc23)cc1. The Morgan fingerprint density at radius 2 is 1.78 bits per heavy atom. The van der Waals surface area contributed by atoms with Gasteiger partial charge in [-0.25, -0.2) is 0 Å². The number of nitrogens with one attached hydrogen (secondary N) is 1. The van der Waals surface area contributed by atoms with Gasteiger partial charge in [-0.05, 0) is 48.2 Å².